The van der Waals surface area contributed by atoms with Crippen LogP contribution in [0.4, 0.5) is 4.79 Å². The van der Waals surface area contributed by atoms with E-state index in [1.165, 1.54) is 7.17 Å². The largest absolute Gasteiger partial charge is 0.325 e. The van der Waals surface area contributed by atoms with E-state index in [-0.39, 0.29) is 5.58 Å². The Hall–Kier alpha value is -0.135. The highest BCUT2D eigenvalue weighted by atomic mass is 16.1. The third-order valence-corrected chi connectivity index (χ3v) is 0.645. The van der Waals surface area contributed by atoms with E-state index in [0.29, 0.717) is 5.82 Å². The molecule has 0 saturated carbocycles. The van der Waals surface area contributed by atoms with E-state index < -0.39 is 0 Å². The Morgan fingerprint density at radius 3 is 2.25 bits per heavy atom. The molecule has 0 amide bonds. The molecule has 0 aliphatic heterocycles. The summed E-state index contributed by atoms with van der Waals surface area (Å²) in [4.78, 5) is 10.0. The molecule has 0 aliphatic carbocycles. The zero-order chi connectivity index (χ0) is 6.57. The van der Waals surface area contributed by atoms with E-state index in [1.54, 1.807) is 7.17 Å². The minimum absolute atomic E-state index is 0.376. The Bertz CT molecular complexity index is 81.4. The van der Waals surface area contributed by atoms with Crippen molar-refractivity contribution in [2.45, 2.75) is 19.7 Å². The molecule has 0 aromatic heterocycles. The fourth-order valence-corrected chi connectivity index (χ4v) is 0.287. The van der Waals surface area contributed by atoms with E-state index in [9.17, 15) is 4.79 Å². The number of carbonyl (C=O) groups is 1. The molecule has 0 aromatic rings. The van der Waals surface area contributed by atoms with Gasteiger partial charge in [0.15, 0.2) is 7.85 Å². The van der Waals surface area contributed by atoms with Gasteiger partial charge in [-0.05, 0) is 0 Å². The third-order valence-electron chi connectivity index (χ3n) is 0.645. The summed E-state index contributed by atoms with van der Waals surface area (Å²) in [5, 5.41) is 0. The summed E-state index contributed by atoms with van der Waals surface area (Å²) in [6.07, 6.45) is 0. The molecule has 0 aliphatic rings. The lowest BCUT2D eigenvalue weighted by atomic mass is 9.30. The molecular weight excluding hydrogens is 96.5 g/mol. The minimum atomic E-state index is -0.376. The molecule has 4 radical (unpaired) electrons. The summed E-state index contributed by atoms with van der Waals surface area (Å²) in [5.41, 5.74) is -0.376. The third kappa shape index (κ3) is 5.86. The van der Waals surface area contributed by atoms with Crippen molar-refractivity contribution in [2.24, 2.45) is 0 Å². The van der Waals surface area contributed by atoms with Crippen LogP contribution >= 0.6 is 0 Å². The van der Waals surface area contributed by atoms with E-state index >= 15 is 0 Å². The average Bonchev–Trinajstić information content (AvgIpc) is 1.61. The van der Waals surface area contributed by atoms with Gasteiger partial charge in [-0.1, -0.05) is 19.7 Å². The van der Waals surface area contributed by atoms with Crippen molar-refractivity contribution < 1.29 is 4.79 Å². The van der Waals surface area contributed by atoms with Crippen molar-refractivity contribution in [3.05, 3.63) is 0 Å². The highest BCUT2D eigenvalue weighted by Crippen LogP contribution is 1.93. The zero-order valence-corrected chi connectivity index (χ0v) is 5.22. The predicted octanol–water partition coefficient (Wildman–Crippen LogP) is 0.427. The Morgan fingerprint density at radius 1 is 1.62 bits per heavy atom. The smallest absolute Gasteiger partial charge is 0.150 e. The second-order valence-corrected chi connectivity index (χ2v) is 2.01. The SMILES string of the molecule is [B]C(=O)[B][B]C(C)C. The van der Waals surface area contributed by atoms with Crippen LogP contribution in [0.15, 0.2) is 0 Å². The Balaban J connectivity index is 3.05. The zero-order valence-electron chi connectivity index (χ0n) is 5.22. The lowest BCUT2D eigenvalue weighted by molar-refractivity contribution is 0.274. The van der Waals surface area contributed by atoms with Crippen LogP contribution in [0.1, 0.15) is 13.8 Å². The summed E-state index contributed by atoms with van der Waals surface area (Å²) in [7, 11) is 7.96. The van der Waals surface area contributed by atoms with Crippen LogP contribution in [0, 0.1) is 0 Å². The standard InChI is InChI=1S/C4H7B3O/c1-3(2)6-7-4(5)8/h3H,1-2H3. The van der Waals surface area contributed by atoms with Crippen LogP contribution in [-0.2, 0) is 0 Å². The van der Waals surface area contributed by atoms with Gasteiger partial charge in [-0.3, -0.25) is 0 Å². The monoisotopic (exact) mass is 104 g/mol. The van der Waals surface area contributed by atoms with Gasteiger partial charge < -0.3 is 4.79 Å². The van der Waals surface area contributed by atoms with Crippen LogP contribution < -0.4 is 0 Å². The van der Waals surface area contributed by atoms with Gasteiger partial charge in [0.2, 0.25) is 0 Å². The minimum Gasteiger partial charge on any atom is -0.325 e. The molecule has 0 heterocycles. The molecule has 0 unspecified atom stereocenters. The highest BCUT2D eigenvalue weighted by molar-refractivity contribution is 7.24. The Kier molecular flexibility index (Phi) is 3.75. The molecule has 38 valence electrons. The van der Waals surface area contributed by atoms with Crippen LogP contribution in [0.5, 0.6) is 0 Å². The summed E-state index contributed by atoms with van der Waals surface area (Å²) >= 11 is 0. The normalized spacial score (nSPS) is 8.88. The maximum atomic E-state index is 10.0. The van der Waals surface area contributed by atoms with Crippen molar-refractivity contribution in [2.75, 3.05) is 0 Å². The van der Waals surface area contributed by atoms with Gasteiger partial charge in [-0.15, -0.1) is 0 Å². The van der Waals surface area contributed by atoms with E-state index in [1.807, 2.05) is 13.8 Å². The first-order chi connectivity index (χ1) is 3.63. The lowest BCUT2D eigenvalue weighted by Crippen LogP contribution is -2.16. The molecule has 0 spiro atoms. The summed E-state index contributed by atoms with van der Waals surface area (Å²) in [6.45, 7) is 3.97. The summed E-state index contributed by atoms with van der Waals surface area (Å²) < 4.78 is 0. The lowest BCUT2D eigenvalue weighted by Gasteiger charge is -1.95. The molecule has 0 saturated heterocycles. The first-order valence-electron chi connectivity index (χ1n) is 2.60. The molecule has 8 heavy (non-hydrogen) atoms. The Labute approximate surface area is 53.1 Å². The molecular formula is C4H7B3O. The van der Waals surface area contributed by atoms with Crippen LogP contribution in [0.3, 0.4) is 0 Å². The fourth-order valence-electron chi connectivity index (χ4n) is 0.287. The van der Waals surface area contributed by atoms with Gasteiger partial charge in [0.25, 0.3) is 0 Å². The molecule has 1 nitrogen and oxygen atoms in total. The topological polar surface area (TPSA) is 17.1 Å². The van der Waals surface area contributed by atoms with E-state index in [0.717, 1.165) is 0 Å². The second-order valence-electron chi connectivity index (χ2n) is 2.01. The first kappa shape index (κ1) is 7.86. The molecule has 4 heteroatoms. The van der Waals surface area contributed by atoms with Crippen molar-refractivity contribution >= 4 is 27.8 Å². The molecule has 0 rings (SSSR count). The maximum absolute atomic E-state index is 10.0. The first-order valence-corrected chi connectivity index (χ1v) is 2.60. The van der Waals surface area contributed by atoms with E-state index in [2.05, 4.69) is 0 Å². The highest BCUT2D eigenvalue weighted by Gasteiger charge is 1.99. The van der Waals surface area contributed by atoms with Crippen LogP contribution in [0.25, 0.3) is 0 Å². The second kappa shape index (κ2) is 3.82. The Morgan fingerprint density at radius 2 is 2.12 bits per heavy atom. The number of hydrogen-bond donors (Lipinski definition) is 0. The van der Waals surface area contributed by atoms with Gasteiger partial charge in [0.05, 0.1) is 7.17 Å². The molecule has 0 N–H and O–H groups in total. The average molecular weight is 104 g/mol. The molecule has 0 fully saturated rings. The number of rotatable bonds is 3. The van der Waals surface area contributed by atoms with Gasteiger partial charge in [0.1, 0.15) is 7.17 Å². The van der Waals surface area contributed by atoms with Crippen molar-refractivity contribution in [3.63, 3.8) is 0 Å². The van der Waals surface area contributed by atoms with E-state index in [4.69, 9.17) is 7.85 Å². The number of hydrogen-bond acceptors (Lipinski definition) is 1. The van der Waals surface area contributed by atoms with Crippen LogP contribution in [-0.4, -0.2) is 27.8 Å². The van der Waals surface area contributed by atoms with Gasteiger partial charge in [0, 0.05) is 5.58 Å². The fraction of sp³-hybridized carbons (Fsp3) is 0.750. The maximum Gasteiger partial charge on any atom is 0.150 e. The van der Waals surface area contributed by atoms with Gasteiger partial charge >= 0.3 is 0 Å². The summed E-state index contributed by atoms with van der Waals surface area (Å²) in [6, 6.07) is 0. The van der Waals surface area contributed by atoms with Gasteiger partial charge in [-0.25, -0.2) is 0 Å². The number of carbonyl (C=O) groups excluding carboxylic acids is 1. The van der Waals surface area contributed by atoms with Gasteiger partial charge in [-0.2, -0.15) is 0 Å². The van der Waals surface area contributed by atoms with Crippen molar-refractivity contribution in [1.29, 1.82) is 0 Å². The molecule has 0 aromatic carbocycles. The quantitative estimate of drug-likeness (QED) is 0.474. The predicted molar refractivity (Wildman–Crippen MR) is 37.8 cm³/mol. The summed E-state index contributed by atoms with van der Waals surface area (Å²) in [5.74, 6) is 0.405. The molecule has 0 atom stereocenters. The van der Waals surface area contributed by atoms with Crippen LogP contribution in [0.2, 0.25) is 5.82 Å². The van der Waals surface area contributed by atoms with Crippen molar-refractivity contribution in [1.82, 2.24) is 0 Å². The molecule has 0 bridgehead atoms. The van der Waals surface area contributed by atoms with Crippen molar-refractivity contribution in [3.8, 4) is 0 Å².